The highest BCUT2D eigenvalue weighted by molar-refractivity contribution is 7.15. The SMILES string of the molecule is CCc1nc(NC(=O)NC2(CC(=O)O)CCCC2)sc1C. The Morgan fingerprint density at radius 3 is 2.57 bits per heavy atom. The molecule has 0 radical (unpaired) electrons. The zero-order valence-corrected chi connectivity index (χ0v) is 13.2. The molecule has 1 aliphatic carbocycles. The van der Waals surface area contributed by atoms with Crippen molar-refractivity contribution in [1.29, 1.82) is 0 Å². The van der Waals surface area contributed by atoms with Crippen molar-refractivity contribution in [3.63, 3.8) is 0 Å². The summed E-state index contributed by atoms with van der Waals surface area (Å²) in [6.45, 7) is 3.99. The lowest BCUT2D eigenvalue weighted by molar-refractivity contribution is -0.138. The summed E-state index contributed by atoms with van der Waals surface area (Å²) in [6, 6.07) is -0.366. The van der Waals surface area contributed by atoms with Gasteiger partial charge in [0.05, 0.1) is 17.7 Å². The monoisotopic (exact) mass is 311 g/mol. The lowest BCUT2D eigenvalue weighted by Crippen LogP contribution is -2.49. The summed E-state index contributed by atoms with van der Waals surface area (Å²) in [5.41, 5.74) is 0.368. The lowest BCUT2D eigenvalue weighted by atomic mass is 9.93. The van der Waals surface area contributed by atoms with E-state index in [2.05, 4.69) is 15.6 Å². The van der Waals surface area contributed by atoms with Gasteiger partial charge in [0, 0.05) is 4.88 Å². The summed E-state index contributed by atoms with van der Waals surface area (Å²) >= 11 is 1.44. The van der Waals surface area contributed by atoms with Crippen molar-refractivity contribution in [2.75, 3.05) is 5.32 Å². The molecular weight excluding hydrogens is 290 g/mol. The van der Waals surface area contributed by atoms with Crippen molar-refractivity contribution < 1.29 is 14.7 Å². The molecule has 3 N–H and O–H groups in total. The number of nitrogens with one attached hydrogen (secondary N) is 2. The highest BCUT2D eigenvalue weighted by Gasteiger charge is 2.37. The summed E-state index contributed by atoms with van der Waals surface area (Å²) in [5.74, 6) is -0.879. The molecule has 0 spiro atoms. The van der Waals surface area contributed by atoms with Gasteiger partial charge in [-0.2, -0.15) is 0 Å². The fourth-order valence-corrected chi connectivity index (χ4v) is 3.76. The number of nitrogens with zero attached hydrogens (tertiary/aromatic N) is 1. The van der Waals surface area contributed by atoms with E-state index in [-0.39, 0.29) is 12.5 Å². The quantitative estimate of drug-likeness (QED) is 0.779. The van der Waals surface area contributed by atoms with Gasteiger partial charge in [0.25, 0.3) is 0 Å². The number of hydrogen-bond acceptors (Lipinski definition) is 4. The number of urea groups is 1. The third-order valence-corrected chi connectivity index (χ3v) is 4.81. The predicted octanol–water partition coefficient (Wildman–Crippen LogP) is 2.92. The first-order chi connectivity index (χ1) is 9.94. The maximum atomic E-state index is 12.1. The number of thiazole rings is 1. The Hall–Kier alpha value is -1.63. The number of aliphatic carboxylic acids is 1. The standard InChI is InChI=1S/C14H21N3O3S/c1-3-10-9(2)21-13(15-10)16-12(20)17-14(8-11(18)19)6-4-5-7-14/h3-8H2,1-2H3,(H,18,19)(H2,15,16,17,20). The Morgan fingerprint density at radius 1 is 1.38 bits per heavy atom. The summed E-state index contributed by atoms with van der Waals surface area (Å²) < 4.78 is 0. The summed E-state index contributed by atoms with van der Waals surface area (Å²) in [4.78, 5) is 28.6. The minimum atomic E-state index is -0.879. The zero-order valence-electron chi connectivity index (χ0n) is 12.4. The van der Waals surface area contributed by atoms with E-state index in [0.717, 1.165) is 29.8 Å². The normalized spacial score (nSPS) is 16.7. The molecule has 1 aromatic heterocycles. The number of anilines is 1. The van der Waals surface area contributed by atoms with Crippen LogP contribution in [0.1, 0.15) is 49.6 Å². The molecule has 0 saturated heterocycles. The predicted molar refractivity (Wildman–Crippen MR) is 81.8 cm³/mol. The van der Waals surface area contributed by atoms with Gasteiger partial charge in [0.2, 0.25) is 0 Å². The second kappa shape index (κ2) is 6.43. The van der Waals surface area contributed by atoms with E-state index in [9.17, 15) is 9.59 Å². The first-order valence-electron chi connectivity index (χ1n) is 7.21. The average Bonchev–Trinajstić information content (AvgIpc) is 2.95. The van der Waals surface area contributed by atoms with Crippen LogP contribution in [0.25, 0.3) is 0 Å². The van der Waals surface area contributed by atoms with E-state index in [1.807, 2.05) is 13.8 Å². The highest BCUT2D eigenvalue weighted by Crippen LogP contribution is 2.33. The van der Waals surface area contributed by atoms with E-state index < -0.39 is 11.5 Å². The van der Waals surface area contributed by atoms with Gasteiger partial charge in [0.15, 0.2) is 5.13 Å². The lowest BCUT2D eigenvalue weighted by Gasteiger charge is -2.28. The Labute approximate surface area is 128 Å². The van der Waals surface area contributed by atoms with Gasteiger partial charge in [-0.05, 0) is 26.2 Å². The van der Waals surface area contributed by atoms with Crippen molar-refractivity contribution in [3.05, 3.63) is 10.6 Å². The zero-order chi connectivity index (χ0) is 15.5. The first-order valence-corrected chi connectivity index (χ1v) is 8.03. The number of aryl methyl sites for hydroxylation is 2. The molecule has 0 unspecified atom stereocenters. The van der Waals surface area contributed by atoms with Gasteiger partial charge in [-0.15, -0.1) is 11.3 Å². The molecule has 116 valence electrons. The average molecular weight is 311 g/mol. The fraction of sp³-hybridized carbons (Fsp3) is 0.643. The molecule has 0 atom stereocenters. The summed E-state index contributed by atoms with van der Waals surface area (Å²) in [7, 11) is 0. The van der Waals surface area contributed by atoms with Crippen LogP contribution >= 0.6 is 11.3 Å². The van der Waals surface area contributed by atoms with Crippen LogP contribution < -0.4 is 10.6 Å². The second-order valence-corrected chi connectivity index (χ2v) is 6.72. The molecule has 7 heteroatoms. The van der Waals surface area contributed by atoms with Crippen molar-refractivity contribution in [2.45, 2.75) is 57.9 Å². The topological polar surface area (TPSA) is 91.3 Å². The van der Waals surface area contributed by atoms with Crippen LogP contribution in [0.3, 0.4) is 0 Å². The Morgan fingerprint density at radius 2 is 2.05 bits per heavy atom. The fourth-order valence-electron chi connectivity index (χ4n) is 2.87. The largest absolute Gasteiger partial charge is 0.481 e. The minimum Gasteiger partial charge on any atom is -0.481 e. The number of carbonyl (C=O) groups excluding carboxylic acids is 1. The van der Waals surface area contributed by atoms with Gasteiger partial charge in [0.1, 0.15) is 0 Å². The number of carboxylic acids is 1. The van der Waals surface area contributed by atoms with Gasteiger partial charge in [-0.1, -0.05) is 19.8 Å². The molecule has 1 saturated carbocycles. The molecule has 0 aliphatic heterocycles. The molecular formula is C14H21N3O3S. The Balaban J connectivity index is 2.00. The number of rotatable bonds is 5. The Kier molecular flexibility index (Phi) is 4.82. The number of amides is 2. The van der Waals surface area contributed by atoms with E-state index in [4.69, 9.17) is 5.11 Å². The maximum Gasteiger partial charge on any atom is 0.321 e. The van der Waals surface area contributed by atoms with Gasteiger partial charge in [-0.3, -0.25) is 10.1 Å². The molecule has 1 aromatic rings. The van der Waals surface area contributed by atoms with Crippen molar-refractivity contribution >= 4 is 28.5 Å². The van der Waals surface area contributed by atoms with Crippen LogP contribution in [0.4, 0.5) is 9.93 Å². The van der Waals surface area contributed by atoms with Gasteiger partial charge < -0.3 is 10.4 Å². The van der Waals surface area contributed by atoms with E-state index in [0.29, 0.717) is 18.0 Å². The van der Waals surface area contributed by atoms with Crippen LogP contribution in [0, 0.1) is 6.92 Å². The minimum absolute atomic E-state index is 0.0302. The number of aromatic nitrogens is 1. The van der Waals surface area contributed by atoms with Crippen molar-refractivity contribution in [2.24, 2.45) is 0 Å². The third-order valence-electron chi connectivity index (χ3n) is 3.88. The van der Waals surface area contributed by atoms with Crippen LogP contribution in [0.15, 0.2) is 0 Å². The maximum absolute atomic E-state index is 12.1. The van der Waals surface area contributed by atoms with Crippen LogP contribution in [-0.2, 0) is 11.2 Å². The molecule has 6 nitrogen and oxygen atoms in total. The molecule has 0 aromatic carbocycles. The van der Waals surface area contributed by atoms with Gasteiger partial charge in [-0.25, -0.2) is 9.78 Å². The molecule has 1 aliphatic rings. The second-order valence-electron chi connectivity index (χ2n) is 5.51. The summed E-state index contributed by atoms with van der Waals surface area (Å²) in [6.07, 6.45) is 4.12. The highest BCUT2D eigenvalue weighted by atomic mass is 32.1. The van der Waals surface area contributed by atoms with E-state index in [1.54, 1.807) is 0 Å². The third kappa shape index (κ3) is 3.93. The summed E-state index contributed by atoms with van der Waals surface area (Å²) in [5, 5.41) is 15.2. The van der Waals surface area contributed by atoms with Crippen molar-refractivity contribution in [1.82, 2.24) is 10.3 Å². The van der Waals surface area contributed by atoms with Gasteiger partial charge >= 0.3 is 12.0 Å². The van der Waals surface area contributed by atoms with Crippen LogP contribution in [-0.4, -0.2) is 27.6 Å². The smallest absolute Gasteiger partial charge is 0.321 e. The number of carboxylic acid groups (broad SMARTS) is 1. The van der Waals surface area contributed by atoms with Crippen LogP contribution in [0.5, 0.6) is 0 Å². The first kappa shape index (κ1) is 15.8. The molecule has 2 rings (SSSR count). The number of hydrogen-bond donors (Lipinski definition) is 3. The Bertz CT molecular complexity index is 536. The van der Waals surface area contributed by atoms with Crippen molar-refractivity contribution in [3.8, 4) is 0 Å². The molecule has 1 fully saturated rings. The molecule has 2 amide bonds. The molecule has 0 bridgehead atoms. The molecule has 1 heterocycles. The van der Waals surface area contributed by atoms with E-state index in [1.165, 1.54) is 11.3 Å². The van der Waals surface area contributed by atoms with E-state index >= 15 is 0 Å². The molecule has 21 heavy (non-hydrogen) atoms. The van der Waals surface area contributed by atoms with Crippen LogP contribution in [0.2, 0.25) is 0 Å². The number of carbonyl (C=O) groups is 2.